The van der Waals surface area contributed by atoms with Crippen LogP contribution >= 0.6 is 11.3 Å². The Balaban J connectivity index is 1.37. The van der Waals surface area contributed by atoms with Crippen molar-refractivity contribution in [1.82, 2.24) is 19.5 Å². The summed E-state index contributed by atoms with van der Waals surface area (Å²) in [7, 11) is 0. The minimum Gasteiger partial charge on any atom is -0.319 e. The smallest absolute Gasteiger partial charge is 0.319 e. The van der Waals surface area contributed by atoms with Crippen molar-refractivity contribution in [2.24, 2.45) is 0 Å². The van der Waals surface area contributed by atoms with Crippen LogP contribution in [0.5, 0.6) is 0 Å². The number of anilines is 1. The number of nitrogens with zero attached hydrogens (tertiary/aromatic N) is 4. The van der Waals surface area contributed by atoms with Gasteiger partial charge in [0.1, 0.15) is 0 Å². The lowest BCUT2D eigenvalue weighted by atomic mass is 10.1. The molecule has 146 valence electrons. The lowest BCUT2D eigenvalue weighted by Crippen LogP contribution is -2.38. The highest BCUT2D eigenvalue weighted by Gasteiger charge is 2.26. The van der Waals surface area contributed by atoms with Gasteiger partial charge in [-0.3, -0.25) is 0 Å². The van der Waals surface area contributed by atoms with E-state index < -0.39 is 0 Å². The number of carbonyl (C=O) groups excluding carboxylic acids is 1. The van der Waals surface area contributed by atoms with Crippen molar-refractivity contribution in [3.63, 3.8) is 0 Å². The standard InChI is InChI=1S/C22H21N5OS/c1-14-7-6-10-17(15(14)2)23-21(28)26-12-11-18-19(13-26)29-22-24-20(25-27(18)22)16-8-4-3-5-9-16/h3-10H,11-13H2,1-2H3,(H,23,28). The number of urea groups is 1. The fourth-order valence-corrected chi connectivity index (χ4v) is 4.77. The maximum Gasteiger partial charge on any atom is 0.322 e. The molecule has 2 amide bonds. The van der Waals surface area contributed by atoms with Crippen LogP contribution < -0.4 is 5.32 Å². The number of fused-ring (bicyclic) bond motifs is 3. The molecule has 0 saturated carbocycles. The molecule has 1 aliphatic heterocycles. The molecule has 5 rings (SSSR count). The normalized spacial score (nSPS) is 13.5. The monoisotopic (exact) mass is 403 g/mol. The molecule has 0 aliphatic carbocycles. The minimum absolute atomic E-state index is 0.0617. The summed E-state index contributed by atoms with van der Waals surface area (Å²) in [6.07, 6.45) is 0.771. The zero-order valence-corrected chi connectivity index (χ0v) is 17.2. The first-order valence-corrected chi connectivity index (χ1v) is 10.5. The van der Waals surface area contributed by atoms with Gasteiger partial charge in [-0.1, -0.05) is 53.8 Å². The fourth-order valence-electron chi connectivity index (χ4n) is 3.65. The third-order valence-corrected chi connectivity index (χ3v) is 6.55. The van der Waals surface area contributed by atoms with E-state index in [1.165, 1.54) is 5.56 Å². The van der Waals surface area contributed by atoms with Crippen molar-refractivity contribution in [3.05, 3.63) is 70.2 Å². The Morgan fingerprint density at radius 2 is 1.93 bits per heavy atom. The molecule has 1 N–H and O–H groups in total. The molecule has 0 fully saturated rings. The molecule has 2 aromatic carbocycles. The van der Waals surface area contributed by atoms with Gasteiger partial charge in [0.05, 0.1) is 12.2 Å². The highest BCUT2D eigenvalue weighted by Crippen LogP contribution is 2.30. The Morgan fingerprint density at radius 1 is 1.10 bits per heavy atom. The van der Waals surface area contributed by atoms with Gasteiger partial charge in [0, 0.05) is 29.1 Å². The topological polar surface area (TPSA) is 62.5 Å². The van der Waals surface area contributed by atoms with E-state index in [1.807, 2.05) is 58.8 Å². The molecule has 0 bridgehead atoms. The molecule has 6 nitrogen and oxygen atoms in total. The second-order valence-electron chi connectivity index (χ2n) is 7.32. The molecule has 3 heterocycles. The van der Waals surface area contributed by atoms with Crippen molar-refractivity contribution in [1.29, 1.82) is 0 Å². The Labute approximate surface area is 172 Å². The summed E-state index contributed by atoms with van der Waals surface area (Å²) < 4.78 is 1.95. The Morgan fingerprint density at radius 3 is 2.76 bits per heavy atom. The molecule has 2 aromatic heterocycles. The van der Waals surface area contributed by atoms with E-state index in [-0.39, 0.29) is 6.03 Å². The van der Waals surface area contributed by atoms with Gasteiger partial charge in [0.25, 0.3) is 0 Å². The first kappa shape index (κ1) is 17.9. The number of rotatable bonds is 2. The van der Waals surface area contributed by atoms with E-state index in [2.05, 4.69) is 18.3 Å². The van der Waals surface area contributed by atoms with Gasteiger partial charge in [-0.05, 0) is 31.0 Å². The predicted octanol–water partition coefficient (Wildman–Crippen LogP) is 4.66. The molecule has 7 heteroatoms. The number of hydrogen-bond acceptors (Lipinski definition) is 4. The van der Waals surface area contributed by atoms with Crippen molar-refractivity contribution in [2.45, 2.75) is 26.8 Å². The van der Waals surface area contributed by atoms with Crippen LogP contribution in [0.2, 0.25) is 0 Å². The summed E-state index contributed by atoms with van der Waals surface area (Å²) in [6.45, 7) is 5.33. The van der Waals surface area contributed by atoms with E-state index in [9.17, 15) is 4.79 Å². The molecule has 0 spiro atoms. The summed E-state index contributed by atoms with van der Waals surface area (Å²) in [5.41, 5.74) is 5.32. The Hall–Kier alpha value is -3.19. The van der Waals surface area contributed by atoms with Crippen molar-refractivity contribution >= 4 is 28.0 Å². The van der Waals surface area contributed by atoms with Gasteiger partial charge in [-0.15, -0.1) is 5.10 Å². The molecular formula is C22H21N5OS. The number of aryl methyl sites for hydroxylation is 1. The van der Waals surface area contributed by atoms with Gasteiger partial charge < -0.3 is 10.2 Å². The number of carbonyl (C=O) groups is 1. The highest BCUT2D eigenvalue weighted by molar-refractivity contribution is 7.17. The first-order valence-electron chi connectivity index (χ1n) is 9.65. The summed E-state index contributed by atoms with van der Waals surface area (Å²) >= 11 is 1.62. The average molecular weight is 404 g/mol. The Kier molecular flexibility index (Phi) is 4.32. The average Bonchev–Trinajstić information content (AvgIpc) is 3.29. The fraction of sp³-hybridized carbons (Fsp3) is 0.227. The second-order valence-corrected chi connectivity index (χ2v) is 8.38. The zero-order chi connectivity index (χ0) is 20.0. The zero-order valence-electron chi connectivity index (χ0n) is 16.3. The summed E-state index contributed by atoms with van der Waals surface area (Å²) in [5.74, 6) is 0.745. The first-order chi connectivity index (χ1) is 14.1. The van der Waals surface area contributed by atoms with Gasteiger partial charge >= 0.3 is 6.03 Å². The lowest BCUT2D eigenvalue weighted by molar-refractivity contribution is 0.206. The summed E-state index contributed by atoms with van der Waals surface area (Å²) in [5, 5.41) is 7.78. The van der Waals surface area contributed by atoms with E-state index in [1.54, 1.807) is 11.3 Å². The third kappa shape index (κ3) is 3.17. The van der Waals surface area contributed by atoms with E-state index >= 15 is 0 Å². The SMILES string of the molecule is Cc1cccc(NC(=O)N2CCc3c(sc4nc(-c5ccccc5)nn34)C2)c1C. The minimum atomic E-state index is -0.0617. The van der Waals surface area contributed by atoms with Gasteiger partial charge in [-0.2, -0.15) is 4.98 Å². The highest BCUT2D eigenvalue weighted by atomic mass is 32.1. The summed E-state index contributed by atoms with van der Waals surface area (Å²) in [4.78, 5) is 21.4. The third-order valence-electron chi connectivity index (χ3n) is 5.49. The number of hydrogen-bond donors (Lipinski definition) is 1. The Bertz CT molecular complexity index is 1210. The van der Waals surface area contributed by atoms with Crippen LogP contribution in [-0.2, 0) is 13.0 Å². The molecule has 1 aliphatic rings. The van der Waals surface area contributed by atoms with E-state index in [0.29, 0.717) is 13.1 Å². The van der Waals surface area contributed by atoms with Crippen molar-refractivity contribution in [2.75, 3.05) is 11.9 Å². The predicted molar refractivity (Wildman–Crippen MR) is 115 cm³/mol. The quantitative estimate of drug-likeness (QED) is 0.529. The van der Waals surface area contributed by atoms with Crippen molar-refractivity contribution < 1.29 is 4.79 Å². The molecule has 29 heavy (non-hydrogen) atoms. The number of nitrogens with one attached hydrogen (secondary N) is 1. The number of aromatic nitrogens is 3. The molecule has 4 aromatic rings. The maximum absolute atomic E-state index is 12.8. The summed E-state index contributed by atoms with van der Waals surface area (Å²) in [6, 6.07) is 15.9. The van der Waals surface area contributed by atoms with Crippen LogP contribution in [0.1, 0.15) is 21.7 Å². The van der Waals surface area contributed by atoms with Crippen LogP contribution in [0.15, 0.2) is 48.5 Å². The number of amides is 2. The van der Waals surface area contributed by atoms with E-state index in [0.717, 1.165) is 44.6 Å². The van der Waals surface area contributed by atoms with E-state index in [4.69, 9.17) is 10.1 Å². The maximum atomic E-state index is 12.8. The molecule has 0 saturated heterocycles. The molecule has 0 atom stereocenters. The van der Waals surface area contributed by atoms with Crippen LogP contribution in [0, 0.1) is 13.8 Å². The molecular weight excluding hydrogens is 382 g/mol. The second kappa shape index (κ2) is 7.00. The van der Waals surface area contributed by atoms with Crippen LogP contribution in [0.3, 0.4) is 0 Å². The van der Waals surface area contributed by atoms with Crippen LogP contribution in [0.4, 0.5) is 10.5 Å². The van der Waals surface area contributed by atoms with Crippen LogP contribution in [-0.4, -0.2) is 32.1 Å². The lowest BCUT2D eigenvalue weighted by Gasteiger charge is -2.27. The largest absolute Gasteiger partial charge is 0.322 e. The number of benzene rings is 2. The van der Waals surface area contributed by atoms with Crippen molar-refractivity contribution in [3.8, 4) is 11.4 Å². The van der Waals surface area contributed by atoms with Gasteiger partial charge in [0.2, 0.25) is 4.96 Å². The number of thiazole rings is 1. The van der Waals surface area contributed by atoms with Gasteiger partial charge in [0.15, 0.2) is 5.82 Å². The van der Waals surface area contributed by atoms with Crippen LogP contribution in [0.25, 0.3) is 16.3 Å². The molecule has 0 unspecified atom stereocenters. The molecule has 0 radical (unpaired) electrons. The van der Waals surface area contributed by atoms with Gasteiger partial charge in [-0.25, -0.2) is 9.31 Å².